The average Bonchev–Trinajstić information content (AvgIpc) is 2.68. The number of esters is 1. The minimum Gasteiger partial charge on any atom is -0.486 e. The first-order chi connectivity index (χ1) is 13.4. The van der Waals surface area contributed by atoms with Crippen molar-refractivity contribution in [3.05, 3.63) is 53.6 Å². The van der Waals surface area contributed by atoms with Crippen LogP contribution in [-0.4, -0.2) is 31.2 Å². The van der Waals surface area contributed by atoms with Crippen LogP contribution in [0.1, 0.15) is 37.8 Å². The van der Waals surface area contributed by atoms with E-state index >= 15 is 0 Å². The Bertz CT molecular complexity index is 845. The minimum atomic E-state index is -0.894. The number of ether oxygens (including phenoxy) is 3. The molecule has 0 saturated carbocycles. The highest BCUT2D eigenvalue weighted by Crippen LogP contribution is 2.31. The second-order valence-corrected chi connectivity index (χ2v) is 7.05. The molecule has 0 spiro atoms. The minimum absolute atomic E-state index is 0.0529. The zero-order valence-electron chi connectivity index (χ0n) is 16.4. The Morgan fingerprint density at radius 2 is 1.68 bits per heavy atom. The van der Waals surface area contributed by atoms with Crippen LogP contribution in [0.4, 0.5) is 5.69 Å². The summed E-state index contributed by atoms with van der Waals surface area (Å²) in [6.45, 7) is 6.77. The van der Waals surface area contributed by atoms with Crippen molar-refractivity contribution in [3.8, 4) is 11.5 Å². The number of amides is 1. The maximum atomic E-state index is 12.3. The van der Waals surface area contributed by atoms with Crippen molar-refractivity contribution < 1.29 is 23.8 Å². The molecule has 2 aromatic carbocycles. The zero-order chi connectivity index (χ0) is 20.1. The first-order valence-electron chi connectivity index (χ1n) is 9.41. The molecule has 1 amide bonds. The van der Waals surface area contributed by atoms with Crippen LogP contribution >= 0.6 is 0 Å². The lowest BCUT2D eigenvalue weighted by Crippen LogP contribution is -2.30. The summed E-state index contributed by atoms with van der Waals surface area (Å²) >= 11 is 0. The van der Waals surface area contributed by atoms with Crippen LogP contribution < -0.4 is 14.8 Å². The lowest BCUT2D eigenvalue weighted by molar-refractivity contribution is -0.152. The van der Waals surface area contributed by atoms with Gasteiger partial charge in [0.2, 0.25) is 0 Å². The van der Waals surface area contributed by atoms with Crippen molar-refractivity contribution in [1.29, 1.82) is 0 Å². The molecule has 0 bridgehead atoms. The van der Waals surface area contributed by atoms with Gasteiger partial charge in [0, 0.05) is 5.69 Å². The maximum Gasteiger partial charge on any atom is 0.311 e. The predicted molar refractivity (Wildman–Crippen MR) is 106 cm³/mol. The van der Waals surface area contributed by atoms with Gasteiger partial charge in [-0.1, -0.05) is 32.0 Å². The quantitative estimate of drug-likeness (QED) is 0.770. The molecule has 2 aromatic rings. The highest BCUT2D eigenvalue weighted by Gasteiger charge is 2.19. The van der Waals surface area contributed by atoms with Crippen molar-refractivity contribution in [1.82, 2.24) is 0 Å². The van der Waals surface area contributed by atoms with Gasteiger partial charge >= 0.3 is 5.97 Å². The van der Waals surface area contributed by atoms with Crippen LogP contribution in [0.2, 0.25) is 0 Å². The molecule has 1 aliphatic heterocycles. The lowest BCUT2D eigenvalue weighted by atomic mass is 10.0. The standard InChI is InChI=1S/C22H25NO5/c1-14(2)17-5-7-18(8-6-17)23-22(25)15(3)28-21(24)13-16-4-9-19-20(12-16)27-11-10-26-19/h4-9,12,14-15H,10-11,13H2,1-3H3,(H,23,25)/t15-/m1/s1. The second-order valence-electron chi connectivity index (χ2n) is 7.05. The Hall–Kier alpha value is -3.02. The fraction of sp³-hybridized carbons (Fsp3) is 0.364. The topological polar surface area (TPSA) is 73.9 Å². The molecule has 1 aliphatic rings. The van der Waals surface area contributed by atoms with Gasteiger partial charge in [0.25, 0.3) is 5.91 Å². The summed E-state index contributed by atoms with van der Waals surface area (Å²) in [7, 11) is 0. The lowest BCUT2D eigenvalue weighted by Gasteiger charge is -2.19. The van der Waals surface area contributed by atoms with E-state index in [0.29, 0.717) is 36.3 Å². The van der Waals surface area contributed by atoms with Crippen molar-refractivity contribution in [2.45, 2.75) is 39.2 Å². The van der Waals surface area contributed by atoms with Gasteiger partial charge in [-0.25, -0.2) is 0 Å². The molecule has 0 aliphatic carbocycles. The number of carbonyl (C=O) groups is 2. The number of rotatable bonds is 6. The summed E-state index contributed by atoms with van der Waals surface area (Å²) in [6, 6.07) is 13.0. The summed E-state index contributed by atoms with van der Waals surface area (Å²) < 4.78 is 16.2. The van der Waals surface area contributed by atoms with Crippen LogP contribution in [0.5, 0.6) is 11.5 Å². The van der Waals surface area contributed by atoms with E-state index in [-0.39, 0.29) is 12.3 Å². The Morgan fingerprint density at radius 1 is 1.00 bits per heavy atom. The molecule has 28 heavy (non-hydrogen) atoms. The predicted octanol–water partition coefficient (Wildman–Crippen LogP) is 3.69. The molecular weight excluding hydrogens is 358 g/mol. The molecule has 1 N–H and O–H groups in total. The van der Waals surface area contributed by atoms with Gasteiger partial charge in [-0.15, -0.1) is 0 Å². The number of benzene rings is 2. The molecule has 0 fully saturated rings. The van der Waals surface area contributed by atoms with E-state index in [9.17, 15) is 9.59 Å². The van der Waals surface area contributed by atoms with Gasteiger partial charge in [-0.2, -0.15) is 0 Å². The van der Waals surface area contributed by atoms with E-state index in [2.05, 4.69) is 19.2 Å². The van der Waals surface area contributed by atoms with Gasteiger partial charge in [-0.3, -0.25) is 9.59 Å². The Morgan fingerprint density at radius 3 is 2.36 bits per heavy atom. The molecule has 0 unspecified atom stereocenters. The molecule has 0 aromatic heterocycles. The molecule has 1 heterocycles. The smallest absolute Gasteiger partial charge is 0.311 e. The highest BCUT2D eigenvalue weighted by molar-refractivity contribution is 5.95. The van der Waals surface area contributed by atoms with Crippen LogP contribution in [-0.2, 0) is 20.7 Å². The van der Waals surface area contributed by atoms with E-state index in [1.165, 1.54) is 5.56 Å². The molecule has 6 nitrogen and oxygen atoms in total. The van der Waals surface area contributed by atoms with Crippen molar-refractivity contribution >= 4 is 17.6 Å². The third kappa shape index (κ3) is 5.03. The molecule has 0 radical (unpaired) electrons. The van der Waals surface area contributed by atoms with Crippen molar-refractivity contribution in [2.75, 3.05) is 18.5 Å². The third-order valence-corrected chi connectivity index (χ3v) is 4.48. The molecule has 0 saturated heterocycles. The van der Waals surface area contributed by atoms with E-state index in [4.69, 9.17) is 14.2 Å². The Balaban J connectivity index is 1.52. The monoisotopic (exact) mass is 383 g/mol. The highest BCUT2D eigenvalue weighted by atomic mass is 16.6. The van der Waals surface area contributed by atoms with Gasteiger partial charge < -0.3 is 19.5 Å². The molecular formula is C22H25NO5. The van der Waals surface area contributed by atoms with Gasteiger partial charge in [0.05, 0.1) is 6.42 Å². The molecule has 1 atom stereocenters. The van der Waals surface area contributed by atoms with Crippen LogP contribution in [0, 0.1) is 0 Å². The molecule has 6 heteroatoms. The number of nitrogens with one attached hydrogen (secondary N) is 1. The number of hydrogen-bond donors (Lipinski definition) is 1. The van der Waals surface area contributed by atoms with Crippen molar-refractivity contribution in [3.63, 3.8) is 0 Å². The van der Waals surface area contributed by atoms with E-state index in [1.54, 1.807) is 25.1 Å². The Kier molecular flexibility index (Phi) is 6.19. The van der Waals surface area contributed by atoms with E-state index < -0.39 is 12.1 Å². The van der Waals surface area contributed by atoms with Gasteiger partial charge in [0.15, 0.2) is 17.6 Å². The van der Waals surface area contributed by atoms with Gasteiger partial charge in [-0.05, 0) is 48.2 Å². The van der Waals surface area contributed by atoms with E-state index in [1.807, 2.05) is 24.3 Å². The summed E-state index contributed by atoms with van der Waals surface area (Å²) in [5, 5.41) is 2.77. The summed E-state index contributed by atoms with van der Waals surface area (Å²) in [5.74, 6) is 0.860. The van der Waals surface area contributed by atoms with E-state index in [0.717, 1.165) is 5.56 Å². The summed E-state index contributed by atoms with van der Waals surface area (Å²) in [4.78, 5) is 24.5. The summed E-state index contributed by atoms with van der Waals surface area (Å²) in [6.07, 6.45) is -0.841. The van der Waals surface area contributed by atoms with Crippen molar-refractivity contribution in [2.24, 2.45) is 0 Å². The normalized spacial score (nSPS) is 13.7. The number of carbonyl (C=O) groups excluding carboxylic acids is 2. The zero-order valence-corrected chi connectivity index (χ0v) is 16.4. The number of fused-ring (bicyclic) bond motifs is 1. The average molecular weight is 383 g/mol. The number of hydrogen-bond acceptors (Lipinski definition) is 5. The molecule has 148 valence electrons. The van der Waals surface area contributed by atoms with Crippen LogP contribution in [0.15, 0.2) is 42.5 Å². The third-order valence-electron chi connectivity index (χ3n) is 4.48. The largest absolute Gasteiger partial charge is 0.486 e. The number of anilines is 1. The van der Waals surface area contributed by atoms with Gasteiger partial charge in [0.1, 0.15) is 13.2 Å². The summed E-state index contributed by atoms with van der Waals surface area (Å²) in [5.41, 5.74) is 2.60. The first kappa shape index (κ1) is 19.7. The second kappa shape index (κ2) is 8.78. The van der Waals surface area contributed by atoms with Crippen LogP contribution in [0.3, 0.4) is 0 Å². The first-order valence-corrected chi connectivity index (χ1v) is 9.41. The maximum absolute atomic E-state index is 12.3. The SMILES string of the molecule is CC(C)c1ccc(NC(=O)[C@@H](C)OC(=O)Cc2ccc3c(c2)OCCO3)cc1. The fourth-order valence-corrected chi connectivity index (χ4v) is 2.85. The Labute approximate surface area is 164 Å². The van der Waals surface area contributed by atoms with Crippen LogP contribution in [0.25, 0.3) is 0 Å². The molecule has 3 rings (SSSR count). The fourth-order valence-electron chi connectivity index (χ4n) is 2.85.